The molecule has 7 heteroatoms. The van der Waals surface area contributed by atoms with Crippen molar-refractivity contribution in [1.82, 2.24) is 4.31 Å². The molecule has 0 radical (unpaired) electrons. The molecule has 1 N–H and O–H groups in total. The van der Waals surface area contributed by atoms with Crippen LogP contribution in [-0.4, -0.2) is 39.3 Å². The predicted molar refractivity (Wildman–Crippen MR) is 102 cm³/mol. The molecule has 0 atom stereocenters. The van der Waals surface area contributed by atoms with Gasteiger partial charge in [0.2, 0.25) is 10.0 Å². The number of aryl methyl sites for hydroxylation is 2. The Kier molecular flexibility index (Phi) is 6.05. The number of hydrogen-bond donors (Lipinski definition) is 1. The van der Waals surface area contributed by atoms with Crippen molar-refractivity contribution in [1.29, 1.82) is 0 Å². The quantitative estimate of drug-likeness (QED) is 0.840. The van der Waals surface area contributed by atoms with Crippen LogP contribution in [0.2, 0.25) is 0 Å². The van der Waals surface area contributed by atoms with E-state index in [9.17, 15) is 13.2 Å². The van der Waals surface area contributed by atoms with Crippen molar-refractivity contribution >= 4 is 21.6 Å². The molecule has 0 aromatic heterocycles. The summed E-state index contributed by atoms with van der Waals surface area (Å²) in [6, 6.07) is 10.1. The Balaban J connectivity index is 2.40. The molecule has 26 heavy (non-hydrogen) atoms. The average Bonchev–Trinajstić information content (AvgIpc) is 2.55. The number of carbonyl (C=O) groups is 1. The SMILES string of the molecule is CCOc1ccc(NC(=O)c2cc(C)cc(C)c2)cc1S(=O)(=O)N(C)C. The molecule has 2 aromatic rings. The lowest BCUT2D eigenvalue weighted by Crippen LogP contribution is -2.23. The number of sulfonamides is 1. The third-order valence-electron chi connectivity index (χ3n) is 3.74. The lowest BCUT2D eigenvalue weighted by molar-refractivity contribution is 0.102. The molecule has 0 heterocycles. The summed E-state index contributed by atoms with van der Waals surface area (Å²) < 4.78 is 31.7. The Bertz CT molecular complexity index is 901. The number of nitrogens with zero attached hydrogens (tertiary/aromatic N) is 1. The van der Waals surface area contributed by atoms with Crippen LogP contribution in [0.1, 0.15) is 28.4 Å². The van der Waals surface area contributed by atoms with Gasteiger partial charge in [-0.2, -0.15) is 0 Å². The third-order valence-corrected chi connectivity index (χ3v) is 5.58. The van der Waals surface area contributed by atoms with Gasteiger partial charge in [-0.1, -0.05) is 17.2 Å². The van der Waals surface area contributed by atoms with Gasteiger partial charge in [-0.05, 0) is 51.1 Å². The molecule has 0 aliphatic heterocycles. The summed E-state index contributed by atoms with van der Waals surface area (Å²) in [5.74, 6) is -0.0419. The van der Waals surface area contributed by atoms with E-state index in [1.807, 2.05) is 19.9 Å². The van der Waals surface area contributed by atoms with Crippen LogP contribution >= 0.6 is 0 Å². The first-order chi connectivity index (χ1) is 12.1. The smallest absolute Gasteiger partial charge is 0.255 e. The number of amides is 1. The van der Waals surface area contributed by atoms with E-state index in [0.29, 0.717) is 17.9 Å². The Hall–Kier alpha value is -2.38. The van der Waals surface area contributed by atoms with E-state index in [0.717, 1.165) is 15.4 Å². The second-order valence-corrected chi connectivity index (χ2v) is 8.33. The van der Waals surface area contributed by atoms with E-state index >= 15 is 0 Å². The van der Waals surface area contributed by atoms with Gasteiger partial charge in [-0.15, -0.1) is 0 Å². The summed E-state index contributed by atoms with van der Waals surface area (Å²) in [4.78, 5) is 12.5. The monoisotopic (exact) mass is 376 g/mol. The van der Waals surface area contributed by atoms with E-state index in [1.165, 1.54) is 20.2 Å². The molecule has 0 saturated carbocycles. The van der Waals surface area contributed by atoms with Gasteiger partial charge in [0, 0.05) is 25.3 Å². The van der Waals surface area contributed by atoms with Gasteiger partial charge in [0.15, 0.2) is 0 Å². The normalized spacial score (nSPS) is 11.5. The Morgan fingerprint density at radius 3 is 2.23 bits per heavy atom. The van der Waals surface area contributed by atoms with Gasteiger partial charge < -0.3 is 10.1 Å². The van der Waals surface area contributed by atoms with Crippen LogP contribution in [0.5, 0.6) is 5.75 Å². The fourth-order valence-corrected chi connectivity index (χ4v) is 3.62. The highest BCUT2D eigenvalue weighted by Gasteiger charge is 2.23. The lowest BCUT2D eigenvalue weighted by atomic mass is 10.1. The number of nitrogens with one attached hydrogen (secondary N) is 1. The van der Waals surface area contributed by atoms with Crippen LogP contribution in [-0.2, 0) is 10.0 Å². The van der Waals surface area contributed by atoms with E-state index < -0.39 is 10.0 Å². The van der Waals surface area contributed by atoms with Crippen LogP contribution < -0.4 is 10.1 Å². The molecular weight excluding hydrogens is 352 g/mol. The average molecular weight is 376 g/mol. The first-order valence-corrected chi connectivity index (χ1v) is 9.68. The lowest BCUT2D eigenvalue weighted by Gasteiger charge is -2.16. The second kappa shape index (κ2) is 7.88. The Morgan fingerprint density at radius 2 is 1.69 bits per heavy atom. The largest absolute Gasteiger partial charge is 0.492 e. The van der Waals surface area contributed by atoms with Gasteiger partial charge in [-0.25, -0.2) is 12.7 Å². The van der Waals surface area contributed by atoms with Crippen molar-refractivity contribution in [2.45, 2.75) is 25.7 Å². The summed E-state index contributed by atoms with van der Waals surface area (Å²) in [7, 11) is -0.809. The standard InChI is InChI=1S/C19H24N2O4S/c1-6-25-17-8-7-16(12-18(17)26(23,24)21(4)5)20-19(22)15-10-13(2)9-14(3)11-15/h7-12H,6H2,1-5H3,(H,20,22). The molecule has 2 aromatic carbocycles. The summed E-state index contributed by atoms with van der Waals surface area (Å²) in [6.45, 7) is 5.96. The van der Waals surface area contributed by atoms with E-state index in [1.54, 1.807) is 31.2 Å². The summed E-state index contributed by atoms with van der Waals surface area (Å²) in [5, 5.41) is 2.76. The number of hydrogen-bond acceptors (Lipinski definition) is 4. The molecule has 0 saturated heterocycles. The van der Waals surface area contributed by atoms with Gasteiger partial charge in [-0.3, -0.25) is 4.79 Å². The number of anilines is 1. The van der Waals surface area contributed by atoms with E-state index in [2.05, 4.69) is 5.32 Å². The highest BCUT2D eigenvalue weighted by Crippen LogP contribution is 2.29. The van der Waals surface area contributed by atoms with E-state index in [4.69, 9.17) is 4.74 Å². The van der Waals surface area contributed by atoms with Gasteiger partial charge in [0.05, 0.1) is 6.61 Å². The minimum Gasteiger partial charge on any atom is -0.492 e. The minimum absolute atomic E-state index is 0.0163. The molecule has 0 spiro atoms. The van der Waals surface area contributed by atoms with Crippen LogP contribution in [0.3, 0.4) is 0 Å². The topological polar surface area (TPSA) is 75.7 Å². The van der Waals surface area contributed by atoms with Crippen LogP contribution in [0.15, 0.2) is 41.3 Å². The molecule has 1 amide bonds. The second-order valence-electron chi connectivity index (χ2n) is 6.21. The fraction of sp³-hybridized carbons (Fsp3) is 0.316. The van der Waals surface area contributed by atoms with Gasteiger partial charge in [0.25, 0.3) is 5.91 Å². The number of benzene rings is 2. The molecule has 0 fully saturated rings. The van der Waals surface area contributed by atoms with E-state index in [-0.39, 0.29) is 16.6 Å². The van der Waals surface area contributed by atoms with Crippen molar-refractivity contribution < 1.29 is 17.9 Å². The zero-order valence-electron chi connectivity index (χ0n) is 15.7. The van der Waals surface area contributed by atoms with Gasteiger partial charge in [0.1, 0.15) is 10.6 Å². The molecule has 0 bridgehead atoms. The first-order valence-electron chi connectivity index (χ1n) is 8.24. The maximum Gasteiger partial charge on any atom is 0.255 e. The fourth-order valence-electron chi connectivity index (χ4n) is 2.57. The minimum atomic E-state index is -3.71. The third kappa shape index (κ3) is 4.42. The number of rotatable bonds is 6. The molecule has 0 aliphatic rings. The molecule has 6 nitrogen and oxygen atoms in total. The predicted octanol–water partition coefficient (Wildman–Crippen LogP) is 3.20. The van der Waals surface area contributed by atoms with Crippen LogP contribution in [0.4, 0.5) is 5.69 Å². The molecular formula is C19H24N2O4S. The number of carbonyl (C=O) groups excluding carboxylic acids is 1. The molecule has 2 rings (SSSR count). The summed E-state index contributed by atoms with van der Waals surface area (Å²) in [6.07, 6.45) is 0. The zero-order chi connectivity index (χ0) is 19.5. The molecule has 0 aliphatic carbocycles. The number of ether oxygens (including phenoxy) is 1. The maximum atomic E-state index is 12.6. The van der Waals surface area contributed by atoms with Crippen molar-refractivity contribution in [2.24, 2.45) is 0 Å². The molecule has 140 valence electrons. The van der Waals surface area contributed by atoms with Crippen molar-refractivity contribution in [3.63, 3.8) is 0 Å². The van der Waals surface area contributed by atoms with Gasteiger partial charge >= 0.3 is 0 Å². The maximum absolute atomic E-state index is 12.6. The highest BCUT2D eigenvalue weighted by atomic mass is 32.2. The Labute approximate surface area is 154 Å². The van der Waals surface area contributed by atoms with Crippen LogP contribution in [0.25, 0.3) is 0 Å². The first kappa shape index (κ1) is 19.9. The molecule has 0 unspecified atom stereocenters. The van der Waals surface area contributed by atoms with Crippen LogP contribution in [0, 0.1) is 13.8 Å². The Morgan fingerprint density at radius 1 is 1.08 bits per heavy atom. The summed E-state index contributed by atoms with van der Waals surface area (Å²) >= 11 is 0. The van der Waals surface area contributed by atoms with Crippen molar-refractivity contribution in [3.8, 4) is 5.75 Å². The van der Waals surface area contributed by atoms with Crippen molar-refractivity contribution in [2.75, 3.05) is 26.0 Å². The zero-order valence-corrected chi connectivity index (χ0v) is 16.5. The van der Waals surface area contributed by atoms with Crippen molar-refractivity contribution in [3.05, 3.63) is 53.1 Å². The highest BCUT2D eigenvalue weighted by molar-refractivity contribution is 7.89. The summed E-state index contributed by atoms with van der Waals surface area (Å²) in [5.41, 5.74) is 2.88.